The van der Waals surface area contributed by atoms with Crippen molar-refractivity contribution in [2.24, 2.45) is 11.1 Å². The monoisotopic (exact) mass is 238 g/mol. The average molecular weight is 238 g/mol. The first-order valence-corrected chi connectivity index (χ1v) is 5.51. The zero-order valence-electron chi connectivity index (χ0n) is 9.37. The topological polar surface area (TPSA) is 58.7 Å². The first-order chi connectivity index (χ1) is 7.62. The number of alkyl halides is 2. The van der Waals surface area contributed by atoms with E-state index in [-0.39, 0.29) is 25.1 Å². The molecule has 4 nitrogen and oxygen atoms in total. The quantitative estimate of drug-likeness (QED) is 0.651. The molecule has 1 unspecified atom stereocenters. The summed E-state index contributed by atoms with van der Waals surface area (Å²) in [5.74, 6) is 0. The van der Waals surface area contributed by atoms with E-state index >= 15 is 0 Å². The van der Waals surface area contributed by atoms with Crippen LogP contribution in [0.3, 0.4) is 0 Å². The molecule has 0 aromatic carbocycles. The molecule has 0 aliphatic carbocycles. The Labute approximate surface area is 94.4 Å². The Balaban J connectivity index is 2.50. The Morgan fingerprint density at radius 3 is 2.69 bits per heavy atom. The Morgan fingerprint density at radius 2 is 2.25 bits per heavy atom. The fourth-order valence-corrected chi connectivity index (χ4v) is 2.05. The second-order valence-corrected chi connectivity index (χ2v) is 4.36. The predicted octanol–water partition coefficient (Wildman–Crippen LogP) is -0.0888. The van der Waals surface area contributed by atoms with E-state index in [1.54, 1.807) is 4.90 Å². The lowest BCUT2D eigenvalue weighted by molar-refractivity contribution is 0.0472. The van der Waals surface area contributed by atoms with Crippen molar-refractivity contribution in [3.63, 3.8) is 0 Å². The molecule has 0 bridgehead atoms. The molecular weight excluding hydrogens is 218 g/mol. The number of hydrogen-bond donors (Lipinski definition) is 2. The number of nitrogens with two attached hydrogens (primary N) is 1. The van der Waals surface area contributed by atoms with E-state index in [4.69, 9.17) is 15.6 Å². The van der Waals surface area contributed by atoms with Crippen molar-refractivity contribution < 1.29 is 18.6 Å². The number of halogens is 2. The van der Waals surface area contributed by atoms with Gasteiger partial charge in [-0.3, -0.25) is 4.90 Å². The maximum absolute atomic E-state index is 12.3. The maximum Gasteiger partial charge on any atom is 0.251 e. The van der Waals surface area contributed by atoms with Gasteiger partial charge in [-0.1, -0.05) is 0 Å². The lowest BCUT2D eigenvalue weighted by Crippen LogP contribution is -2.45. The highest BCUT2D eigenvalue weighted by Crippen LogP contribution is 2.28. The standard InChI is InChI=1S/C10H20F2N2O2/c11-9(12)5-14(2-3-15)7-10(6-13)1-4-16-8-10/h9,15H,1-8,13H2. The average Bonchev–Trinajstić information content (AvgIpc) is 2.66. The van der Waals surface area contributed by atoms with E-state index in [9.17, 15) is 8.78 Å². The highest BCUT2D eigenvalue weighted by Gasteiger charge is 2.35. The molecule has 1 aliphatic heterocycles. The Morgan fingerprint density at radius 1 is 1.50 bits per heavy atom. The van der Waals surface area contributed by atoms with Gasteiger partial charge in [-0.25, -0.2) is 8.78 Å². The number of hydrogen-bond acceptors (Lipinski definition) is 4. The maximum atomic E-state index is 12.3. The van der Waals surface area contributed by atoms with E-state index in [1.165, 1.54) is 0 Å². The molecule has 0 saturated carbocycles. The van der Waals surface area contributed by atoms with Crippen LogP contribution in [0, 0.1) is 5.41 Å². The van der Waals surface area contributed by atoms with Crippen molar-refractivity contribution in [3.8, 4) is 0 Å². The van der Waals surface area contributed by atoms with Crippen molar-refractivity contribution in [2.75, 3.05) is 46.0 Å². The zero-order chi connectivity index (χ0) is 12.0. The van der Waals surface area contributed by atoms with Gasteiger partial charge in [-0.05, 0) is 6.42 Å². The van der Waals surface area contributed by atoms with Crippen LogP contribution in [0.1, 0.15) is 6.42 Å². The number of ether oxygens (including phenoxy) is 1. The molecule has 1 saturated heterocycles. The first kappa shape index (κ1) is 13.8. The van der Waals surface area contributed by atoms with Crippen LogP contribution in [0.4, 0.5) is 8.78 Å². The van der Waals surface area contributed by atoms with Gasteiger partial charge in [0.15, 0.2) is 0 Å². The van der Waals surface area contributed by atoms with Crippen LogP contribution in [0.2, 0.25) is 0 Å². The van der Waals surface area contributed by atoms with Gasteiger partial charge in [0.2, 0.25) is 0 Å². The summed E-state index contributed by atoms with van der Waals surface area (Å²) in [6.45, 7) is 1.88. The summed E-state index contributed by atoms with van der Waals surface area (Å²) in [5, 5.41) is 8.83. The van der Waals surface area contributed by atoms with Crippen molar-refractivity contribution in [1.29, 1.82) is 0 Å². The third kappa shape index (κ3) is 3.93. The molecule has 1 atom stereocenters. The summed E-state index contributed by atoms with van der Waals surface area (Å²) in [7, 11) is 0. The van der Waals surface area contributed by atoms with Gasteiger partial charge in [0.25, 0.3) is 6.43 Å². The smallest absolute Gasteiger partial charge is 0.251 e. The molecule has 0 amide bonds. The summed E-state index contributed by atoms with van der Waals surface area (Å²) in [4.78, 5) is 1.56. The molecule has 1 fully saturated rings. The highest BCUT2D eigenvalue weighted by molar-refractivity contribution is 4.87. The molecule has 96 valence electrons. The first-order valence-electron chi connectivity index (χ1n) is 5.51. The number of nitrogens with zero attached hydrogens (tertiary/aromatic N) is 1. The fraction of sp³-hybridized carbons (Fsp3) is 1.00. The summed E-state index contributed by atoms with van der Waals surface area (Å²) in [6, 6.07) is 0. The third-order valence-corrected chi connectivity index (χ3v) is 2.99. The van der Waals surface area contributed by atoms with Gasteiger partial charge < -0.3 is 15.6 Å². The lowest BCUT2D eigenvalue weighted by Gasteiger charge is -2.32. The van der Waals surface area contributed by atoms with Crippen LogP contribution >= 0.6 is 0 Å². The molecular formula is C10H20F2N2O2. The van der Waals surface area contributed by atoms with Crippen molar-refractivity contribution in [2.45, 2.75) is 12.8 Å². The van der Waals surface area contributed by atoms with E-state index in [1.807, 2.05) is 0 Å². The molecule has 6 heteroatoms. The fourth-order valence-electron chi connectivity index (χ4n) is 2.05. The molecule has 0 spiro atoms. The van der Waals surface area contributed by atoms with Crippen LogP contribution in [0.5, 0.6) is 0 Å². The Bertz CT molecular complexity index is 199. The summed E-state index contributed by atoms with van der Waals surface area (Å²) < 4.78 is 29.9. The summed E-state index contributed by atoms with van der Waals surface area (Å²) in [6.07, 6.45) is -1.59. The molecule has 16 heavy (non-hydrogen) atoms. The Kier molecular flexibility index (Phi) is 5.54. The van der Waals surface area contributed by atoms with Crippen molar-refractivity contribution >= 4 is 0 Å². The van der Waals surface area contributed by atoms with E-state index < -0.39 is 6.43 Å². The van der Waals surface area contributed by atoms with Crippen LogP contribution < -0.4 is 5.73 Å². The molecule has 1 heterocycles. The van der Waals surface area contributed by atoms with E-state index in [0.717, 1.165) is 6.42 Å². The highest BCUT2D eigenvalue weighted by atomic mass is 19.3. The van der Waals surface area contributed by atoms with Crippen LogP contribution in [-0.2, 0) is 4.74 Å². The van der Waals surface area contributed by atoms with E-state index in [2.05, 4.69) is 0 Å². The van der Waals surface area contributed by atoms with Gasteiger partial charge in [0, 0.05) is 31.7 Å². The van der Waals surface area contributed by atoms with Gasteiger partial charge in [0.05, 0.1) is 19.8 Å². The van der Waals surface area contributed by atoms with Crippen LogP contribution in [0.25, 0.3) is 0 Å². The lowest BCUT2D eigenvalue weighted by atomic mass is 9.87. The Hall–Kier alpha value is -0.300. The minimum Gasteiger partial charge on any atom is -0.395 e. The largest absolute Gasteiger partial charge is 0.395 e. The number of aliphatic hydroxyl groups excluding tert-OH is 1. The molecule has 1 aliphatic rings. The number of aliphatic hydroxyl groups is 1. The summed E-state index contributed by atoms with van der Waals surface area (Å²) in [5.41, 5.74) is 5.47. The van der Waals surface area contributed by atoms with Crippen molar-refractivity contribution in [1.82, 2.24) is 4.90 Å². The molecule has 0 aromatic rings. The van der Waals surface area contributed by atoms with Crippen LogP contribution in [0.15, 0.2) is 0 Å². The second-order valence-electron chi connectivity index (χ2n) is 4.36. The predicted molar refractivity (Wildman–Crippen MR) is 56.5 cm³/mol. The second kappa shape index (κ2) is 6.44. The van der Waals surface area contributed by atoms with Crippen molar-refractivity contribution in [3.05, 3.63) is 0 Å². The number of rotatable bonds is 7. The molecule has 3 N–H and O–H groups in total. The normalized spacial score (nSPS) is 25.9. The van der Waals surface area contributed by atoms with E-state index in [0.29, 0.717) is 26.3 Å². The zero-order valence-corrected chi connectivity index (χ0v) is 9.37. The summed E-state index contributed by atoms with van der Waals surface area (Å²) >= 11 is 0. The van der Waals surface area contributed by atoms with Gasteiger partial charge >= 0.3 is 0 Å². The van der Waals surface area contributed by atoms with Gasteiger partial charge in [-0.15, -0.1) is 0 Å². The molecule has 1 rings (SSSR count). The van der Waals surface area contributed by atoms with Gasteiger partial charge in [0.1, 0.15) is 0 Å². The third-order valence-electron chi connectivity index (χ3n) is 2.99. The minimum absolute atomic E-state index is 0.117. The van der Waals surface area contributed by atoms with Crippen LogP contribution in [-0.4, -0.2) is 62.4 Å². The molecule has 0 radical (unpaired) electrons. The minimum atomic E-state index is -2.39. The van der Waals surface area contributed by atoms with Gasteiger partial charge in [-0.2, -0.15) is 0 Å². The SMILES string of the molecule is NCC1(CN(CCO)CC(F)F)CCOC1. The molecule has 0 aromatic heterocycles.